The highest BCUT2D eigenvalue weighted by molar-refractivity contribution is 9.10. The summed E-state index contributed by atoms with van der Waals surface area (Å²) in [5.74, 6) is 0. The molecule has 5 heteroatoms. The number of nitrogens with one attached hydrogen (secondary N) is 1. The van der Waals surface area contributed by atoms with Gasteiger partial charge in [-0.3, -0.25) is 0 Å². The van der Waals surface area contributed by atoms with Gasteiger partial charge in [-0.2, -0.15) is 0 Å². The molecule has 0 fully saturated rings. The second kappa shape index (κ2) is 7.28. The average molecular weight is 393 g/mol. The second-order valence-electron chi connectivity index (χ2n) is 4.61. The van der Waals surface area contributed by atoms with E-state index in [2.05, 4.69) is 47.2 Å². The van der Waals surface area contributed by atoms with Crippen LogP contribution in [0, 0.1) is 6.92 Å². The van der Waals surface area contributed by atoms with Gasteiger partial charge >= 0.3 is 0 Å². The van der Waals surface area contributed by atoms with Crippen LogP contribution in [-0.2, 0) is 0 Å². The van der Waals surface area contributed by atoms with Crippen molar-refractivity contribution in [3.05, 3.63) is 54.1 Å². The summed E-state index contributed by atoms with van der Waals surface area (Å²) in [6.45, 7) is 5.17. The lowest BCUT2D eigenvalue weighted by Gasteiger charge is -2.20. The molecule has 0 saturated heterocycles. The molecule has 0 amide bonds. The third-order valence-electron chi connectivity index (χ3n) is 3.17. The number of rotatable bonds is 5. The van der Waals surface area contributed by atoms with E-state index in [0.717, 1.165) is 32.4 Å². The van der Waals surface area contributed by atoms with E-state index in [1.54, 1.807) is 11.3 Å². The van der Waals surface area contributed by atoms with Crippen molar-refractivity contribution in [2.45, 2.75) is 26.3 Å². The summed E-state index contributed by atoms with van der Waals surface area (Å²) in [5, 5.41) is 4.38. The Hall–Kier alpha value is -0.0600. The topological polar surface area (TPSA) is 12.0 Å². The van der Waals surface area contributed by atoms with E-state index in [9.17, 15) is 0 Å². The first-order valence-electron chi connectivity index (χ1n) is 6.47. The number of hydrogen-bond donors (Lipinski definition) is 1. The first-order valence-corrected chi connectivity index (χ1v) is 8.84. The Labute approximate surface area is 142 Å². The molecule has 1 heterocycles. The van der Waals surface area contributed by atoms with E-state index < -0.39 is 0 Å². The number of benzene rings is 1. The summed E-state index contributed by atoms with van der Waals surface area (Å²) >= 11 is 17.5. The van der Waals surface area contributed by atoms with Crippen LogP contribution in [0.25, 0.3) is 0 Å². The van der Waals surface area contributed by atoms with Crippen molar-refractivity contribution in [2.24, 2.45) is 0 Å². The molecule has 0 aliphatic carbocycles. The normalized spacial score (nSPS) is 12.7. The molecule has 0 saturated carbocycles. The van der Waals surface area contributed by atoms with Gasteiger partial charge in [0.25, 0.3) is 0 Å². The van der Waals surface area contributed by atoms with Crippen molar-refractivity contribution >= 4 is 50.5 Å². The van der Waals surface area contributed by atoms with Gasteiger partial charge < -0.3 is 5.32 Å². The van der Waals surface area contributed by atoms with Gasteiger partial charge in [-0.25, -0.2) is 0 Å². The van der Waals surface area contributed by atoms with Crippen molar-refractivity contribution in [1.82, 2.24) is 5.32 Å². The fourth-order valence-corrected chi connectivity index (χ4v) is 4.11. The summed E-state index contributed by atoms with van der Waals surface area (Å²) in [7, 11) is 0. The van der Waals surface area contributed by atoms with Crippen molar-refractivity contribution in [3.8, 4) is 0 Å². The highest BCUT2D eigenvalue weighted by Gasteiger charge is 2.19. The predicted molar refractivity (Wildman–Crippen MR) is 93.4 cm³/mol. The fraction of sp³-hybridized carbons (Fsp3) is 0.333. The van der Waals surface area contributed by atoms with Gasteiger partial charge in [0.2, 0.25) is 0 Å². The average Bonchev–Trinajstić information content (AvgIpc) is 2.74. The summed E-state index contributed by atoms with van der Waals surface area (Å²) in [6, 6.07) is 8.25. The van der Waals surface area contributed by atoms with E-state index in [0.29, 0.717) is 0 Å². The molecular formula is C15H16BrCl2NS. The summed E-state index contributed by atoms with van der Waals surface area (Å²) in [6.07, 6.45) is 1.08. The van der Waals surface area contributed by atoms with E-state index in [-0.39, 0.29) is 6.04 Å². The zero-order valence-electron chi connectivity index (χ0n) is 11.3. The number of hydrogen-bond acceptors (Lipinski definition) is 2. The van der Waals surface area contributed by atoms with Gasteiger partial charge in [-0.15, -0.1) is 11.3 Å². The van der Waals surface area contributed by atoms with Crippen molar-refractivity contribution in [1.29, 1.82) is 0 Å². The van der Waals surface area contributed by atoms with E-state index >= 15 is 0 Å². The molecule has 1 aromatic heterocycles. The molecule has 0 aliphatic heterocycles. The minimum atomic E-state index is 0.127. The smallest absolute Gasteiger partial charge is 0.107 e. The number of thiophene rings is 1. The molecule has 108 valence electrons. The molecule has 0 aliphatic rings. The molecule has 1 atom stereocenters. The van der Waals surface area contributed by atoms with Gasteiger partial charge in [-0.05, 0) is 59.1 Å². The molecular weight excluding hydrogens is 377 g/mol. The van der Waals surface area contributed by atoms with Crippen LogP contribution in [0.3, 0.4) is 0 Å². The zero-order valence-corrected chi connectivity index (χ0v) is 15.3. The monoisotopic (exact) mass is 391 g/mol. The Morgan fingerprint density at radius 1 is 1.35 bits per heavy atom. The zero-order chi connectivity index (χ0) is 14.7. The lowest BCUT2D eigenvalue weighted by atomic mass is 10.00. The maximum Gasteiger partial charge on any atom is 0.107 e. The first-order chi connectivity index (χ1) is 9.54. The van der Waals surface area contributed by atoms with E-state index in [1.807, 2.05) is 12.1 Å². The van der Waals surface area contributed by atoms with Crippen LogP contribution in [0.2, 0.25) is 9.36 Å². The first kappa shape index (κ1) is 16.3. The molecule has 0 radical (unpaired) electrons. The highest BCUT2D eigenvalue weighted by Crippen LogP contribution is 2.38. The van der Waals surface area contributed by atoms with Crippen LogP contribution in [0.5, 0.6) is 0 Å². The van der Waals surface area contributed by atoms with E-state index in [1.165, 1.54) is 10.4 Å². The van der Waals surface area contributed by atoms with Crippen LogP contribution in [-0.4, -0.2) is 6.54 Å². The minimum absolute atomic E-state index is 0.127. The minimum Gasteiger partial charge on any atom is -0.306 e. The van der Waals surface area contributed by atoms with Crippen LogP contribution in [0.4, 0.5) is 0 Å². The Balaban J connectivity index is 2.44. The molecule has 0 spiro atoms. The number of halogens is 3. The fourth-order valence-electron chi connectivity index (χ4n) is 2.09. The maximum atomic E-state index is 6.26. The molecule has 1 nitrogen and oxygen atoms in total. The Kier molecular flexibility index (Phi) is 5.94. The predicted octanol–water partition coefficient (Wildman–Crippen LogP) is 6.21. The standard InChI is InChI=1S/C15H16BrCl2NS/c1-3-7-19-14(13-8-11(16)15(18)20-13)10-5-4-6-12(17)9(10)2/h4-6,8,14,19H,3,7H2,1-2H3. The Morgan fingerprint density at radius 2 is 2.10 bits per heavy atom. The third-order valence-corrected chi connectivity index (χ3v) is 6.12. The molecule has 1 N–H and O–H groups in total. The molecule has 20 heavy (non-hydrogen) atoms. The van der Waals surface area contributed by atoms with Gasteiger partial charge in [0.05, 0.1) is 6.04 Å². The summed E-state index contributed by atoms with van der Waals surface area (Å²) in [5.41, 5.74) is 2.32. The Bertz CT molecular complexity index is 578. The largest absolute Gasteiger partial charge is 0.306 e. The third kappa shape index (κ3) is 3.58. The highest BCUT2D eigenvalue weighted by atomic mass is 79.9. The lowest BCUT2D eigenvalue weighted by molar-refractivity contribution is 0.603. The van der Waals surface area contributed by atoms with Crippen LogP contribution >= 0.6 is 50.5 Å². The van der Waals surface area contributed by atoms with Gasteiger partial charge in [0.15, 0.2) is 0 Å². The summed E-state index contributed by atoms with van der Waals surface area (Å²) in [4.78, 5) is 1.20. The van der Waals surface area contributed by atoms with Gasteiger partial charge in [0.1, 0.15) is 4.34 Å². The maximum absolute atomic E-state index is 6.26. The van der Waals surface area contributed by atoms with Crippen molar-refractivity contribution in [2.75, 3.05) is 6.54 Å². The Morgan fingerprint density at radius 3 is 2.70 bits per heavy atom. The van der Waals surface area contributed by atoms with Crippen LogP contribution < -0.4 is 5.32 Å². The molecule has 2 rings (SSSR count). The SMILES string of the molecule is CCCNC(c1cc(Br)c(Cl)s1)c1cccc(Cl)c1C. The van der Waals surface area contributed by atoms with Crippen LogP contribution in [0.1, 0.15) is 35.4 Å². The lowest BCUT2D eigenvalue weighted by Crippen LogP contribution is -2.23. The van der Waals surface area contributed by atoms with Gasteiger partial charge in [-0.1, -0.05) is 42.3 Å². The molecule has 2 aromatic rings. The van der Waals surface area contributed by atoms with E-state index in [4.69, 9.17) is 23.2 Å². The van der Waals surface area contributed by atoms with Crippen LogP contribution in [0.15, 0.2) is 28.7 Å². The van der Waals surface area contributed by atoms with Crippen molar-refractivity contribution in [3.63, 3.8) is 0 Å². The van der Waals surface area contributed by atoms with Gasteiger partial charge in [0, 0.05) is 14.4 Å². The molecule has 1 unspecified atom stereocenters. The summed E-state index contributed by atoms with van der Waals surface area (Å²) < 4.78 is 1.73. The molecule has 0 bridgehead atoms. The second-order valence-corrected chi connectivity index (χ2v) is 7.56. The quantitative estimate of drug-likeness (QED) is 0.637. The van der Waals surface area contributed by atoms with Crippen molar-refractivity contribution < 1.29 is 0 Å². The molecule has 1 aromatic carbocycles.